The smallest absolute Gasteiger partial charge is 0.405 e. The highest BCUT2D eigenvalue weighted by Crippen LogP contribution is 2.45. The molecule has 1 aliphatic carbocycles. The minimum atomic E-state index is -4.70. The first-order chi connectivity index (χ1) is 13.4. The zero-order valence-electron chi connectivity index (χ0n) is 16.6. The van der Waals surface area contributed by atoms with E-state index in [-0.39, 0.29) is 41.7 Å². The molecule has 2 unspecified atom stereocenters. The van der Waals surface area contributed by atoms with E-state index in [4.69, 9.17) is 9.47 Å². The van der Waals surface area contributed by atoms with Crippen LogP contribution in [-0.4, -0.2) is 58.4 Å². The van der Waals surface area contributed by atoms with E-state index in [2.05, 4.69) is 20.4 Å². The lowest BCUT2D eigenvalue weighted by atomic mass is 10.1. The van der Waals surface area contributed by atoms with E-state index in [1.54, 1.807) is 19.2 Å². The van der Waals surface area contributed by atoms with Gasteiger partial charge >= 0.3 is 6.36 Å². The largest absolute Gasteiger partial charge is 0.573 e. The Morgan fingerprint density at radius 2 is 1.97 bits per heavy atom. The minimum absolute atomic E-state index is 0. The molecule has 0 saturated heterocycles. The van der Waals surface area contributed by atoms with E-state index in [9.17, 15) is 13.2 Å². The zero-order valence-corrected chi connectivity index (χ0v) is 19.0. The number of hydrogen-bond acceptors (Lipinski definition) is 4. The topological polar surface area (TPSA) is 64.1 Å². The SMILES string of the molecule is CCNC(=NCCCOCCOC)NC1CC1c1ccccc1OC(F)(F)F.I. The number of methoxy groups -OCH3 is 1. The molecule has 1 aromatic rings. The summed E-state index contributed by atoms with van der Waals surface area (Å²) in [6.45, 7) is 4.97. The second kappa shape index (κ2) is 13.1. The predicted molar refractivity (Wildman–Crippen MR) is 116 cm³/mol. The van der Waals surface area contributed by atoms with Gasteiger partial charge in [0, 0.05) is 38.8 Å². The van der Waals surface area contributed by atoms with Gasteiger partial charge in [0.15, 0.2) is 5.96 Å². The van der Waals surface area contributed by atoms with E-state index in [1.165, 1.54) is 12.1 Å². The molecule has 0 aromatic heterocycles. The normalized spacial score (nSPS) is 18.7. The Morgan fingerprint density at radius 1 is 1.21 bits per heavy atom. The molecule has 1 aliphatic rings. The molecule has 0 spiro atoms. The Balaban J connectivity index is 0.00000420. The van der Waals surface area contributed by atoms with E-state index in [0.29, 0.717) is 44.4 Å². The van der Waals surface area contributed by atoms with Crippen LogP contribution < -0.4 is 15.4 Å². The van der Waals surface area contributed by atoms with E-state index >= 15 is 0 Å². The van der Waals surface area contributed by atoms with Crippen LogP contribution in [0.25, 0.3) is 0 Å². The molecule has 1 fully saturated rings. The second-order valence-corrected chi connectivity index (χ2v) is 6.40. The number of rotatable bonds is 11. The van der Waals surface area contributed by atoms with E-state index < -0.39 is 6.36 Å². The fraction of sp³-hybridized carbons (Fsp3) is 0.632. The van der Waals surface area contributed by atoms with Gasteiger partial charge < -0.3 is 24.8 Å². The van der Waals surface area contributed by atoms with Gasteiger partial charge in [-0.15, -0.1) is 37.1 Å². The molecule has 1 saturated carbocycles. The van der Waals surface area contributed by atoms with Crippen LogP contribution in [0.4, 0.5) is 13.2 Å². The van der Waals surface area contributed by atoms with Crippen molar-refractivity contribution in [1.82, 2.24) is 10.6 Å². The molecule has 0 amide bonds. The number of guanidine groups is 1. The minimum Gasteiger partial charge on any atom is -0.405 e. The number of alkyl halides is 3. The molecule has 1 aromatic carbocycles. The van der Waals surface area contributed by atoms with Crippen molar-refractivity contribution in [1.29, 1.82) is 0 Å². The zero-order chi connectivity index (χ0) is 20.4. The summed E-state index contributed by atoms with van der Waals surface area (Å²) in [7, 11) is 1.63. The third-order valence-electron chi connectivity index (χ3n) is 4.15. The summed E-state index contributed by atoms with van der Waals surface area (Å²) in [5.41, 5.74) is 0.555. The van der Waals surface area contributed by atoms with Gasteiger partial charge in [0.1, 0.15) is 5.75 Å². The van der Waals surface area contributed by atoms with Crippen molar-refractivity contribution in [2.75, 3.05) is 40.0 Å². The average molecular weight is 531 g/mol. The van der Waals surface area contributed by atoms with Gasteiger partial charge in [-0.05, 0) is 31.4 Å². The lowest BCUT2D eigenvalue weighted by molar-refractivity contribution is -0.274. The highest BCUT2D eigenvalue weighted by Gasteiger charge is 2.42. The number of halogens is 4. The third kappa shape index (κ3) is 9.85. The maximum atomic E-state index is 12.6. The number of ether oxygens (including phenoxy) is 3. The third-order valence-corrected chi connectivity index (χ3v) is 4.15. The first kappa shape index (κ1) is 25.8. The Morgan fingerprint density at radius 3 is 2.66 bits per heavy atom. The molecular formula is C19H29F3IN3O3. The Kier molecular flexibility index (Phi) is 11.7. The molecule has 29 heavy (non-hydrogen) atoms. The number of nitrogens with one attached hydrogen (secondary N) is 2. The first-order valence-electron chi connectivity index (χ1n) is 9.40. The van der Waals surface area contributed by atoms with Crippen LogP contribution in [0, 0.1) is 0 Å². The van der Waals surface area contributed by atoms with Gasteiger partial charge in [-0.25, -0.2) is 0 Å². The van der Waals surface area contributed by atoms with Crippen molar-refractivity contribution in [2.45, 2.75) is 38.1 Å². The standard InChI is InChI=1S/C19H28F3N3O3.HI/c1-3-23-18(24-9-6-10-27-12-11-26-2)25-16-13-15(16)14-7-4-5-8-17(14)28-19(20,21)22;/h4-5,7-8,15-16H,3,6,9-13H2,1-2H3,(H2,23,24,25);1H. The molecule has 10 heteroatoms. The van der Waals surface area contributed by atoms with Crippen LogP contribution in [-0.2, 0) is 9.47 Å². The fourth-order valence-electron chi connectivity index (χ4n) is 2.80. The number of para-hydroxylation sites is 1. The van der Waals surface area contributed by atoms with Crippen LogP contribution in [0.2, 0.25) is 0 Å². The molecule has 2 rings (SSSR count). The van der Waals surface area contributed by atoms with Crippen LogP contribution in [0.5, 0.6) is 5.75 Å². The molecule has 6 nitrogen and oxygen atoms in total. The highest BCUT2D eigenvalue weighted by atomic mass is 127. The maximum Gasteiger partial charge on any atom is 0.573 e. The van der Waals surface area contributed by atoms with E-state index in [1.807, 2.05) is 6.92 Å². The number of hydrogen-bond donors (Lipinski definition) is 2. The predicted octanol–water partition coefficient (Wildman–Crippen LogP) is 3.67. The summed E-state index contributed by atoms with van der Waals surface area (Å²) >= 11 is 0. The summed E-state index contributed by atoms with van der Waals surface area (Å²) < 4.78 is 52.3. The lowest BCUT2D eigenvalue weighted by Crippen LogP contribution is -2.39. The fourth-order valence-corrected chi connectivity index (χ4v) is 2.80. The average Bonchev–Trinajstić information content (AvgIpc) is 3.39. The van der Waals surface area contributed by atoms with Crippen LogP contribution >= 0.6 is 24.0 Å². The number of aliphatic imine (C=N–C) groups is 1. The van der Waals surface area contributed by atoms with Crippen molar-refractivity contribution in [3.8, 4) is 5.75 Å². The van der Waals surface area contributed by atoms with E-state index in [0.717, 1.165) is 12.8 Å². The van der Waals surface area contributed by atoms with Crippen LogP contribution in [0.15, 0.2) is 29.3 Å². The van der Waals surface area contributed by atoms with Gasteiger partial charge in [-0.1, -0.05) is 18.2 Å². The molecule has 166 valence electrons. The van der Waals surface area contributed by atoms with Gasteiger partial charge in [-0.2, -0.15) is 0 Å². The second-order valence-electron chi connectivity index (χ2n) is 6.40. The maximum absolute atomic E-state index is 12.6. The Bertz CT molecular complexity index is 632. The lowest BCUT2D eigenvalue weighted by Gasteiger charge is -2.14. The number of benzene rings is 1. The quantitative estimate of drug-likeness (QED) is 0.198. The molecule has 0 radical (unpaired) electrons. The van der Waals surface area contributed by atoms with Crippen molar-refractivity contribution >= 4 is 29.9 Å². The van der Waals surface area contributed by atoms with Crippen molar-refractivity contribution in [2.24, 2.45) is 4.99 Å². The van der Waals surface area contributed by atoms with Crippen molar-refractivity contribution in [3.63, 3.8) is 0 Å². The van der Waals surface area contributed by atoms with Crippen molar-refractivity contribution < 1.29 is 27.4 Å². The first-order valence-corrected chi connectivity index (χ1v) is 9.40. The van der Waals surface area contributed by atoms with Gasteiger partial charge in [-0.3, -0.25) is 4.99 Å². The molecule has 0 aliphatic heterocycles. The van der Waals surface area contributed by atoms with Gasteiger partial charge in [0.25, 0.3) is 0 Å². The summed E-state index contributed by atoms with van der Waals surface area (Å²) in [6, 6.07) is 6.30. The summed E-state index contributed by atoms with van der Waals surface area (Å²) in [6.07, 6.45) is -3.20. The highest BCUT2D eigenvalue weighted by molar-refractivity contribution is 14.0. The van der Waals surface area contributed by atoms with Crippen LogP contribution in [0.3, 0.4) is 0 Å². The van der Waals surface area contributed by atoms with Gasteiger partial charge in [0.2, 0.25) is 0 Å². The Labute approximate surface area is 186 Å². The Hall–Kier alpha value is -1.27. The van der Waals surface area contributed by atoms with Crippen molar-refractivity contribution in [3.05, 3.63) is 29.8 Å². The van der Waals surface area contributed by atoms with Crippen LogP contribution in [0.1, 0.15) is 31.2 Å². The molecule has 2 atom stereocenters. The molecule has 0 bridgehead atoms. The molecule has 2 N–H and O–H groups in total. The van der Waals surface area contributed by atoms with Gasteiger partial charge in [0.05, 0.1) is 13.2 Å². The summed E-state index contributed by atoms with van der Waals surface area (Å²) in [5, 5.41) is 6.44. The number of nitrogens with zero attached hydrogens (tertiary/aromatic N) is 1. The summed E-state index contributed by atoms with van der Waals surface area (Å²) in [5.74, 6) is 0.473. The monoisotopic (exact) mass is 531 g/mol. The molecular weight excluding hydrogens is 502 g/mol. The molecule has 0 heterocycles. The summed E-state index contributed by atoms with van der Waals surface area (Å²) in [4.78, 5) is 4.49.